The maximum atomic E-state index is 11.4. The molecule has 0 aliphatic rings. The standard InChI is InChI=1S/C11H13NO3.ClH/c1-2-14-10(12)8-15-11(13)9-6-4-3-5-7-9;/h3-7,12H,2,8H2,1H3;1H. The van der Waals surface area contributed by atoms with E-state index in [0.717, 1.165) is 0 Å². The van der Waals surface area contributed by atoms with Crippen LogP contribution < -0.4 is 0 Å². The highest BCUT2D eigenvalue weighted by molar-refractivity contribution is 5.90. The number of hydrogen-bond donors (Lipinski definition) is 1. The zero-order valence-corrected chi connectivity index (χ0v) is 9.75. The lowest BCUT2D eigenvalue weighted by Gasteiger charge is -2.06. The predicted molar refractivity (Wildman–Crippen MR) is 63.3 cm³/mol. The largest absolute Gasteiger partial charge is 0.479 e. The summed E-state index contributed by atoms with van der Waals surface area (Å²) in [6.07, 6.45) is 0. The van der Waals surface area contributed by atoms with Crippen molar-refractivity contribution < 1.29 is 14.3 Å². The summed E-state index contributed by atoms with van der Waals surface area (Å²) in [6.45, 7) is 2.05. The van der Waals surface area contributed by atoms with Gasteiger partial charge in [0.15, 0.2) is 6.61 Å². The van der Waals surface area contributed by atoms with Gasteiger partial charge in [-0.25, -0.2) is 4.79 Å². The Bertz CT molecular complexity index is 340. The third kappa shape index (κ3) is 4.79. The van der Waals surface area contributed by atoms with Crippen molar-refractivity contribution in [3.63, 3.8) is 0 Å². The molecular formula is C11H14ClNO3. The molecular weight excluding hydrogens is 230 g/mol. The Morgan fingerprint density at radius 1 is 1.25 bits per heavy atom. The molecule has 0 aromatic heterocycles. The lowest BCUT2D eigenvalue weighted by molar-refractivity contribution is 0.0541. The van der Waals surface area contributed by atoms with Gasteiger partial charge in [0, 0.05) is 0 Å². The van der Waals surface area contributed by atoms with Gasteiger partial charge in [0.25, 0.3) is 0 Å². The highest BCUT2D eigenvalue weighted by Crippen LogP contribution is 2.00. The summed E-state index contributed by atoms with van der Waals surface area (Å²) in [5.41, 5.74) is 0.474. The smallest absolute Gasteiger partial charge is 0.338 e. The lowest BCUT2D eigenvalue weighted by Crippen LogP contribution is -2.15. The number of benzene rings is 1. The molecule has 16 heavy (non-hydrogen) atoms. The monoisotopic (exact) mass is 243 g/mol. The summed E-state index contributed by atoms with van der Waals surface area (Å²) in [6, 6.07) is 8.65. The molecule has 0 amide bonds. The molecule has 0 aliphatic heterocycles. The van der Waals surface area contributed by atoms with Crippen LogP contribution in [-0.4, -0.2) is 25.1 Å². The first-order valence-corrected chi connectivity index (χ1v) is 4.66. The number of esters is 1. The van der Waals surface area contributed by atoms with Crippen LogP contribution in [0.4, 0.5) is 0 Å². The fourth-order valence-corrected chi connectivity index (χ4v) is 1.00. The van der Waals surface area contributed by atoms with Crippen LogP contribution in [0.5, 0.6) is 0 Å². The Balaban J connectivity index is 0.00000225. The number of ether oxygens (including phenoxy) is 2. The third-order valence-electron chi connectivity index (χ3n) is 1.66. The van der Waals surface area contributed by atoms with Crippen LogP contribution in [0.1, 0.15) is 17.3 Å². The van der Waals surface area contributed by atoms with Gasteiger partial charge < -0.3 is 9.47 Å². The van der Waals surface area contributed by atoms with Gasteiger partial charge in [-0.05, 0) is 19.1 Å². The second-order valence-corrected chi connectivity index (χ2v) is 2.80. The molecule has 0 atom stereocenters. The summed E-state index contributed by atoms with van der Waals surface area (Å²) in [5.74, 6) is -0.484. The average Bonchev–Trinajstić information content (AvgIpc) is 2.27. The van der Waals surface area contributed by atoms with Gasteiger partial charge in [-0.1, -0.05) is 18.2 Å². The van der Waals surface area contributed by atoms with Gasteiger partial charge in [-0.15, -0.1) is 12.4 Å². The molecule has 5 heteroatoms. The highest BCUT2D eigenvalue weighted by Gasteiger charge is 2.07. The first-order valence-electron chi connectivity index (χ1n) is 4.66. The van der Waals surface area contributed by atoms with E-state index in [1.54, 1.807) is 31.2 Å². The van der Waals surface area contributed by atoms with E-state index in [-0.39, 0.29) is 24.9 Å². The van der Waals surface area contributed by atoms with E-state index >= 15 is 0 Å². The van der Waals surface area contributed by atoms with Gasteiger partial charge >= 0.3 is 5.97 Å². The molecule has 0 saturated heterocycles. The van der Waals surface area contributed by atoms with Gasteiger partial charge in [-0.3, -0.25) is 5.41 Å². The van der Waals surface area contributed by atoms with Crippen LogP contribution in [-0.2, 0) is 9.47 Å². The van der Waals surface area contributed by atoms with Crippen molar-refractivity contribution in [2.75, 3.05) is 13.2 Å². The van der Waals surface area contributed by atoms with E-state index < -0.39 is 5.97 Å². The van der Waals surface area contributed by atoms with Crippen LogP contribution in [0, 0.1) is 5.41 Å². The van der Waals surface area contributed by atoms with E-state index in [4.69, 9.17) is 14.9 Å². The average molecular weight is 244 g/mol. The van der Waals surface area contributed by atoms with E-state index in [2.05, 4.69) is 0 Å². The predicted octanol–water partition coefficient (Wildman–Crippen LogP) is 2.28. The fraction of sp³-hybridized carbons (Fsp3) is 0.273. The SMILES string of the molecule is CCOC(=N)COC(=O)c1ccccc1.Cl. The molecule has 0 saturated carbocycles. The molecule has 4 nitrogen and oxygen atoms in total. The highest BCUT2D eigenvalue weighted by atomic mass is 35.5. The quantitative estimate of drug-likeness (QED) is 0.501. The zero-order valence-electron chi connectivity index (χ0n) is 8.93. The van der Waals surface area contributed by atoms with Crippen molar-refractivity contribution >= 4 is 24.3 Å². The molecule has 1 rings (SSSR count). The minimum absolute atomic E-state index is 0. The maximum absolute atomic E-state index is 11.4. The number of halogens is 1. The number of hydrogen-bond acceptors (Lipinski definition) is 4. The summed E-state index contributed by atoms with van der Waals surface area (Å²) in [7, 11) is 0. The molecule has 0 bridgehead atoms. The van der Waals surface area contributed by atoms with Crippen LogP contribution in [0.15, 0.2) is 30.3 Å². The van der Waals surface area contributed by atoms with Crippen LogP contribution in [0.3, 0.4) is 0 Å². The van der Waals surface area contributed by atoms with Crippen molar-refractivity contribution in [2.45, 2.75) is 6.92 Å². The number of nitrogens with one attached hydrogen (secondary N) is 1. The molecule has 1 aromatic carbocycles. The van der Waals surface area contributed by atoms with Crippen molar-refractivity contribution in [2.24, 2.45) is 0 Å². The Morgan fingerprint density at radius 3 is 2.44 bits per heavy atom. The van der Waals surface area contributed by atoms with E-state index in [1.165, 1.54) is 0 Å². The molecule has 0 fully saturated rings. The van der Waals surface area contributed by atoms with Crippen LogP contribution in [0.25, 0.3) is 0 Å². The Morgan fingerprint density at radius 2 is 1.88 bits per heavy atom. The van der Waals surface area contributed by atoms with Crippen LogP contribution >= 0.6 is 12.4 Å². The summed E-state index contributed by atoms with van der Waals surface area (Å²) in [4.78, 5) is 11.4. The molecule has 1 aromatic rings. The van der Waals surface area contributed by atoms with E-state index in [0.29, 0.717) is 12.2 Å². The first kappa shape index (κ1) is 14.5. The minimum atomic E-state index is -0.444. The third-order valence-corrected chi connectivity index (χ3v) is 1.66. The van der Waals surface area contributed by atoms with Crippen molar-refractivity contribution in [3.05, 3.63) is 35.9 Å². The van der Waals surface area contributed by atoms with E-state index in [1.807, 2.05) is 6.07 Å². The van der Waals surface area contributed by atoms with Gasteiger partial charge in [-0.2, -0.15) is 0 Å². The first-order chi connectivity index (χ1) is 7.24. The second-order valence-electron chi connectivity index (χ2n) is 2.80. The van der Waals surface area contributed by atoms with Gasteiger partial charge in [0.1, 0.15) is 0 Å². The molecule has 1 N–H and O–H groups in total. The molecule has 0 aliphatic carbocycles. The minimum Gasteiger partial charge on any atom is -0.479 e. The number of carbonyl (C=O) groups is 1. The molecule has 88 valence electrons. The fourth-order valence-electron chi connectivity index (χ4n) is 1.00. The normalized spacial score (nSPS) is 8.81. The lowest BCUT2D eigenvalue weighted by atomic mass is 10.2. The van der Waals surface area contributed by atoms with Gasteiger partial charge in [0.2, 0.25) is 5.90 Å². The number of rotatable bonds is 4. The summed E-state index contributed by atoms with van der Waals surface area (Å²) >= 11 is 0. The molecule has 0 spiro atoms. The Labute approximate surface area is 100 Å². The summed E-state index contributed by atoms with van der Waals surface area (Å²) < 4.78 is 9.69. The van der Waals surface area contributed by atoms with Crippen molar-refractivity contribution in [1.29, 1.82) is 5.41 Å². The number of carbonyl (C=O) groups excluding carboxylic acids is 1. The maximum Gasteiger partial charge on any atom is 0.338 e. The van der Waals surface area contributed by atoms with E-state index in [9.17, 15) is 4.79 Å². The zero-order chi connectivity index (χ0) is 11.1. The second kappa shape index (κ2) is 7.70. The van der Waals surface area contributed by atoms with Gasteiger partial charge in [0.05, 0.1) is 12.2 Å². The molecule has 0 unspecified atom stereocenters. The van der Waals surface area contributed by atoms with Crippen molar-refractivity contribution in [1.82, 2.24) is 0 Å². The molecule has 0 radical (unpaired) electrons. The Kier molecular flexibility index (Phi) is 6.96. The summed E-state index contributed by atoms with van der Waals surface area (Å²) in [5, 5.41) is 7.24. The van der Waals surface area contributed by atoms with Crippen molar-refractivity contribution in [3.8, 4) is 0 Å². The topological polar surface area (TPSA) is 59.4 Å². The van der Waals surface area contributed by atoms with Crippen LogP contribution in [0.2, 0.25) is 0 Å². The Hall–Kier alpha value is -1.55. The molecule has 0 heterocycles.